The van der Waals surface area contributed by atoms with Crippen LogP contribution in [-0.2, 0) is 7.05 Å². The summed E-state index contributed by atoms with van der Waals surface area (Å²) in [6.45, 7) is 5.63. The van der Waals surface area contributed by atoms with Crippen LogP contribution in [0.5, 0.6) is 0 Å². The summed E-state index contributed by atoms with van der Waals surface area (Å²) in [5.41, 5.74) is -0.579. The number of H-pyrrole nitrogens is 1. The van der Waals surface area contributed by atoms with Crippen molar-refractivity contribution in [1.82, 2.24) is 19.9 Å². The van der Waals surface area contributed by atoms with Crippen molar-refractivity contribution in [2.45, 2.75) is 26.8 Å². The van der Waals surface area contributed by atoms with Gasteiger partial charge in [-0.3, -0.25) is 14.6 Å². The maximum absolute atomic E-state index is 12.2. The summed E-state index contributed by atoms with van der Waals surface area (Å²) in [5.74, 6) is -0.538. The first-order valence-electron chi connectivity index (χ1n) is 6.34. The molecule has 21 heavy (non-hydrogen) atoms. The summed E-state index contributed by atoms with van der Waals surface area (Å²) in [5, 5.41) is 3.64. The van der Waals surface area contributed by atoms with Gasteiger partial charge >= 0.3 is 5.69 Å². The van der Waals surface area contributed by atoms with E-state index in [9.17, 15) is 14.4 Å². The van der Waals surface area contributed by atoms with Crippen molar-refractivity contribution in [3.05, 3.63) is 48.2 Å². The number of hydrogen-bond donors (Lipinski definition) is 2. The van der Waals surface area contributed by atoms with Crippen molar-refractivity contribution >= 4 is 17.2 Å². The number of hydrogen-bond acceptors (Lipinski definition) is 5. The Kier molecular flexibility index (Phi) is 4.08. The van der Waals surface area contributed by atoms with E-state index in [2.05, 4.69) is 15.3 Å². The van der Waals surface area contributed by atoms with E-state index in [0.29, 0.717) is 0 Å². The van der Waals surface area contributed by atoms with Gasteiger partial charge in [0, 0.05) is 18.1 Å². The number of aryl methyl sites for hydroxylation is 3. The molecule has 0 fully saturated rings. The molecule has 2 N–H and O–H groups in total. The lowest BCUT2D eigenvalue weighted by Gasteiger charge is -2.12. The fourth-order valence-electron chi connectivity index (χ4n) is 2.01. The molecule has 0 bridgehead atoms. The molecule has 1 amide bonds. The second kappa shape index (κ2) is 5.65. The Bertz CT molecular complexity index is 802. The summed E-state index contributed by atoms with van der Waals surface area (Å²) in [4.78, 5) is 42.6. The number of carbonyl (C=O) groups excluding carboxylic acids is 1. The molecule has 2 rings (SSSR count). The molecular weight excluding hydrogens is 292 g/mol. The first kappa shape index (κ1) is 15.2. The molecule has 0 radical (unpaired) electrons. The Morgan fingerprint density at radius 3 is 2.67 bits per heavy atom. The highest BCUT2D eigenvalue weighted by atomic mass is 32.1. The first-order chi connectivity index (χ1) is 9.79. The Hall–Kier alpha value is -2.22. The highest BCUT2D eigenvalue weighted by molar-refractivity contribution is 7.11. The van der Waals surface area contributed by atoms with Crippen LogP contribution in [0.15, 0.2) is 15.8 Å². The zero-order valence-electron chi connectivity index (χ0n) is 12.2. The van der Waals surface area contributed by atoms with Gasteiger partial charge in [-0.1, -0.05) is 0 Å². The van der Waals surface area contributed by atoms with Crippen LogP contribution in [0.2, 0.25) is 0 Å². The molecule has 112 valence electrons. The van der Waals surface area contributed by atoms with Crippen molar-refractivity contribution in [2.24, 2.45) is 7.05 Å². The van der Waals surface area contributed by atoms with Crippen molar-refractivity contribution in [3.63, 3.8) is 0 Å². The van der Waals surface area contributed by atoms with E-state index in [0.717, 1.165) is 20.1 Å². The van der Waals surface area contributed by atoms with Crippen molar-refractivity contribution in [1.29, 1.82) is 0 Å². The second-order valence-corrected chi connectivity index (χ2v) is 6.19. The Balaban J connectivity index is 2.26. The number of carbonyl (C=O) groups is 1. The smallest absolute Gasteiger partial charge is 0.328 e. The number of thiazole rings is 1. The monoisotopic (exact) mass is 308 g/mol. The van der Waals surface area contributed by atoms with Crippen molar-refractivity contribution in [3.8, 4) is 0 Å². The third kappa shape index (κ3) is 3.10. The summed E-state index contributed by atoms with van der Waals surface area (Å²) in [6, 6.07) is -0.320. The molecule has 0 aliphatic rings. The largest absolute Gasteiger partial charge is 0.344 e. The molecule has 8 heteroatoms. The molecule has 0 spiro atoms. The van der Waals surface area contributed by atoms with E-state index in [1.807, 2.05) is 13.8 Å². The number of amides is 1. The molecule has 0 aromatic carbocycles. The molecule has 0 aliphatic carbocycles. The summed E-state index contributed by atoms with van der Waals surface area (Å²) < 4.78 is 1.15. The van der Waals surface area contributed by atoms with Gasteiger partial charge in [0.25, 0.3) is 11.5 Å². The molecule has 0 unspecified atom stereocenters. The predicted octanol–water partition coefficient (Wildman–Crippen LogP) is 0.638. The van der Waals surface area contributed by atoms with Gasteiger partial charge in [0.15, 0.2) is 0 Å². The molecular formula is C13H16N4O3S. The van der Waals surface area contributed by atoms with E-state index in [1.165, 1.54) is 13.2 Å². The van der Waals surface area contributed by atoms with Crippen molar-refractivity contribution < 1.29 is 4.79 Å². The third-order valence-corrected chi connectivity index (χ3v) is 3.95. The fraction of sp³-hybridized carbons (Fsp3) is 0.385. The molecule has 0 aliphatic heterocycles. The highest BCUT2D eigenvalue weighted by Gasteiger charge is 2.18. The van der Waals surface area contributed by atoms with Gasteiger partial charge in [0.1, 0.15) is 5.56 Å². The van der Waals surface area contributed by atoms with Crippen LogP contribution in [0, 0.1) is 13.8 Å². The number of aromatic nitrogens is 3. The number of nitrogens with one attached hydrogen (secondary N) is 2. The van der Waals surface area contributed by atoms with Crippen LogP contribution in [0.4, 0.5) is 0 Å². The lowest BCUT2D eigenvalue weighted by molar-refractivity contribution is 0.0936. The zero-order valence-corrected chi connectivity index (χ0v) is 13.0. The zero-order chi connectivity index (χ0) is 15.7. The average Bonchev–Trinajstić information content (AvgIpc) is 2.72. The minimum atomic E-state index is -0.700. The van der Waals surface area contributed by atoms with E-state index >= 15 is 0 Å². The third-order valence-electron chi connectivity index (χ3n) is 3.05. The highest BCUT2D eigenvalue weighted by Crippen LogP contribution is 2.22. The Labute approximate surface area is 124 Å². The van der Waals surface area contributed by atoms with Gasteiger partial charge in [-0.25, -0.2) is 9.78 Å². The topological polar surface area (TPSA) is 96.8 Å². The fourth-order valence-corrected chi connectivity index (χ4v) is 2.93. The van der Waals surface area contributed by atoms with Gasteiger partial charge in [0.2, 0.25) is 0 Å². The molecule has 2 heterocycles. The Morgan fingerprint density at radius 1 is 1.43 bits per heavy atom. The molecule has 0 saturated carbocycles. The lowest BCUT2D eigenvalue weighted by atomic mass is 10.2. The summed E-state index contributed by atoms with van der Waals surface area (Å²) >= 11 is 1.55. The van der Waals surface area contributed by atoms with Crippen LogP contribution in [-0.4, -0.2) is 20.4 Å². The normalized spacial score (nSPS) is 12.2. The van der Waals surface area contributed by atoms with Crippen LogP contribution in [0.25, 0.3) is 0 Å². The summed E-state index contributed by atoms with van der Waals surface area (Å²) in [6.07, 6.45) is 1.22. The quantitative estimate of drug-likeness (QED) is 0.869. The molecule has 1 atom stereocenters. The second-order valence-electron chi connectivity index (χ2n) is 4.78. The predicted molar refractivity (Wildman–Crippen MR) is 79.8 cm³/mol. The Morgan fingerprint density at radius 2 is 2.10 bits per heavy atom. The van der Waals surface area contributed by atoms with E-state index in [4.69, 9.17) is 0 Å². The van der Waals surface area contributed by atoms with Gasteiger partial charge < -0.3 is 9.88 Å². The number of rotatable bonds is 3. The average molecular weight is 308 g/mol. The standard InChI is InChI=1S/C13H16N4O3S/c1-6(10-7(2)21-8(3)15-10)14-11(18)9-5-17(4)13(20)16-12(9)19/h5-6H,1-4H3,(H,14,18)(H,16,19,20)/t6-/m1/s1. The van der Waals surface area contributed by atoms with Crippen LogP contribution >= 0.6 is 11.3 Å². The lowest BCUT2D eigenvalue weighted by Crippen LogP contribution is -2.37. The van der Waals surface area contributed by atoms with Gasteiger partial charge in [-0.15, -0.1) is 11.3 Å². The van der Waals surface area contributed by atoms with Gasteiger partial charge in [0.05, 0.1) is 16.7 Å². The minimum absolute atomic E-state index is 0.103. The van der Waals surface area contributed by atoms with Crippen LogP contribution < -0.4 is 16.6 Å². The summed E-state index contributed by atoms with van der Waals surface area (Å²) in [7, 11) is 1.46. The number of nitrogens with zero attached hydrogens (tertiary/aromatic N) is 2. The van der Waals surface area contributed by atoms with Gasteiger partial charge in [-0.2, -0.15) is 0 Å². The molecule has 7 nitrogen and oxygen atoms in total. The van der Waals surface area contributed by atoms with Crippen LogP contribution in [0.3, 0.4) is 0 Å². The van der Waals surface area contributed by atoms with E-state index in [1.54, 1.807) is 18.3 Å². The SMILES string of the molecule is Cc1nc([C@@H](C)NC(=O)c2cn(C)c(=O)[nH]c2=O)c(C)s1. The maximum Gasteiger partial charge on any atom is 0.328 e. The minimum Gasteiger partial charge on any atom is -0.344 e. The van der Waals surface area contributed by atoms with Gasteiger partial charge in [-0.05, 0) is 20.8 Å². The molecule has 2 aromatic heterocycles. The molecule has 2 aromatic rings. The maximum atomic E-state index is 12.2. The number of aromatic amines is 1. The van der Waals surface area contributed by atoms with Crippen LogP contribution in [0.1, 0.15) is 38.9 Å². The first-order valence-corrected chi connectivity index (χ1v) is 7.16. The molecule has 0 saturated heterocycles. The van der Waals surface area contributed by atoms with Crippen molar-refractivity contribution in [2.75, 3.05) is 0 Å². The van der Waals surface area contributed by atoms with E-state index < -0.39 is 17.2 Å². The van der Waals surface area contributed by atoms with E-state index in [-0.39, 0.29) is 11.6 Å².